The average Bonchev–Trinajstić information content (AvgIpc) is 2.95. The van der Waals surface area contributed by atoms with E-state index in [2.05, 4.69) is 10.3 Å². The normalized spacial score (nSPS) is 11.3. The summed E-state index contributed by atoms with van der Waals surface area (Å²) in [6.07, 6.45) is 1.07. The van der Waals surface area contributed by atoms with E-state index < -0.39 is 11.7 Å². The molecule has 5 nitrogen and oxygen atoms in total. The van der Waals surface area contributed by atoms with Crippen LogP contribution in [0.5, 0.6) is 0 Å². The lowest BCUT2D eigenvalue weighted by Gasteiger charge is -2.19. The van der Waals surface area contributed by atoms with Crippen molar-refractivity contribution in [2.75, 3.05) is 0 Å². The molecule has 0 aliphatic carbocycles. The molecule has 2 rings (SSSR count). The summed E-state index contributed by atoms with van der Waals surface area (Å²) in [5, 5.41) is 4.59. The predicted octanol–water partition coefficient (Wildman–Crippen LogP) is 3.43. The van der Waals surface area contributed by atoms with E-state index in [1.54, 1.807) is 11.3 Å². The van der Waals surface area contributed by atoms with Crippen molar-refractivity contribution in [1.29, 1.82) is 0 Å². The quantitative estimate of drug-likeness (QED) is 0.935. The first kappa shape index (κ1) is 13.6. The number of thiophene rings is 1. The van der Waals surface area contributed by atoms with E-state index in [1.165, 1.54) is 6.26 Å². The van der Waals surface area contributed by atoms with Gasteiger partial charge in [0.05, 0.1) is 17.1 Å². The summed E-state index contributed by atoms with van der Waals surface area (Å²) in [6.45, 7) is 5.73. The molecule has 0 saturated heterocycles. The molecule has 2 aromatic heterocycles. The standard InChI is InChI=1S/C13H16N2O3S/c1-13(2,3)18-12(16)14-7-9-8-17-11(15-9)10-5-4-6-19-10/h4-6,8H,7H2,1-3H3,(H,14,16). The van der Waals surface area contributed by atoms with Crippen LogP contribution >= 0.6 is 11.3 Å². The summed E-state index contributed by atoms with van der Waals surface area (Å²) in [4.78, 5) is 16.7. The van der Waals surface area contributed by atoms with Gasteiger partial charge in [0.25, 0.3) is 0 Å². The summed E-state index contributed by atoms with van der Waals surface area (Å²) in [7, 11) is 0. The zero-order chi connectivity index (χ0) is 13.9. The van der Waals surface area contributed by atoms with Crippen LogP contribution in [0.25, 0.3) is 10.8 Å². The van der Waals surface area contributed by atoms with Crippen molar-refractivity contribution in [2.24, 2.45) is 0 Å². The van der Waals surface area contributed by atoms with E-state index in [1.807, 2.05) is 38.3 Å². The van der Waals surface area contributed by atoms with Gasteiger partial charge in [0, 0.05) is 0 Å². The molecule has 2 heterocycles. The molecule has 1 N–H and O–H groups in total. The Hall–Kier alpha value is -1.82. The van der Waals surface area contributed by atoms with Gasteiger partial charge in [-0.3, -0.25) is 0 Å². The maximum Gasteiger partial charge on any atom is 0.407 e. The lowest BCUT2D eigenvalue weighted by atomic mass is 10.2. The van der Waals surface area contributed by atoms with Gasteiger partial charge in [-0.1, -0.05) is 6.07 Å². The fraction of sp³-hybridized carbons (Fsp3) is 0.385. The minimum absolute atomic E-state index is 0.282. The van der Waals surface area contributed by atoms with Crippen molar-refractivity contribution in [1.82, 2.24) is 10.3 Å². The highest BCUT2D eigenvalue weighted by Crippen LogP contribution is 2.23. The first-order valence-corrected chi connectivity index (χ1v) is 6.77. The van der Waals surface area contributed by atoms with Crippen molar-refractivity contribution in [3.63, 3.8) is 0 Å². The first-order chi connectivity index (χ1) is 8.94. The Morgan fingerprint density at radius 1 is 1.53 bits per heavy atom. The first-order valence-electron chi connectivity index (χ1n) is 5.89. The summed E-state index contributed by atoms with van der Waals surface area (Å²) < 4.78 is 10.5. The lowest BCUT2D eigenvalue weighted by molar-refractivity contribution is 0.0523. The Bertz CT molecular complexity index is 540. The van der Waals surface area contributed by atoms with Crippen LogP contribution in [0.4, 0.5) is 4.79 Å². The largest absolute Gasteiger partial charge is 0.444 e. The Morgan fingerprint density at radius 2 is 2.32 bits per heavy atom. The molecule has 102 valence electrons. The minimum Gasteiger partial charge on any atom is -0.444 e. The number of amides is 1. The number of nitrogens with zero attached hydrogens (tertiary/aromatic N) is 1. The summed E-state index contributed by atoms with van der Waals surface area (Å²) in [6, 6.07) is 3.87. The van der Waals surface area contributed by atoms with Crippen molar-refractivity contribution >= 4 is 17.4 Å². The molecular formula is C13H16N2O3S. The van der Waals surface area contributed by atoms with E-state index in [4.69, 9.17) is 9.15 Å². The van der Waals surface area contributed by atoms with Gasteiger partial charge in [-0.25, -0.2) is 9.78 Å². The fourth-order valence-corrected chi connectivity index (χ4v) is 2.03. The third-order valence-electron chi connectivity index (χ3n) is 2.10. The van der Waals surface area contributed by atoms with Gasteiger partial charge >= 0.3 is 6.09 Å². The second kappa shape index (κ2) is 5.44. The summed E-state index contributed by atoms with van der Waals surface area (Å²) >= 11 is 1.55. The molecule has 0 aliphatic rings. The van der Waals surface area contributed by atoms with E-state index in [0.29, 0.717) is 11.6 Å². The van der Waals surface area contributed by atoms with Crippen molar-refractivity contribution in [3.8, 4) is 10.8 Å². The van der Waals surface area contributed by atoms with E-state index in [9.17, 15) is 4.79 Å². The van der Waals surface area contributed by atoms with E-state index in [0.717, 1.165) is 4.88 Å². The predicted molar refractivity (Wildman–Crippen MR) is 72.9 cm³/mol. The molecule has 0 fully saturated rings. The van der Waals surface area contributed by atoms with Crippen molar-refractivity contribution in [3.05, 3.63) is 29.5 Å². The van der Waals surface area contributed by atoms with Crippen LogP contribution in [0.2, 0.25) is 0 Å². The summed E-state index contributed by atoms with van der Waals surface area (Å²) in [5.74, 6) is 0.566. The molecule has 0 unspecified atom stereocenters. The topological polar surface area (TPSA) is 64.4 Å². The molecule has 2 aromatic rings. The number of aromatic nitrogens is 1. The van der Waals surface area contributed by atoms with Crippen LogP contribution in [0, 0.1) is 0 Å². The summed E-state index contributed by atoms with van der Waals surface area (Å²) in [5.41, 5.74) is 0.157. The fourth-order valence-electron chi connectivity index (χ4n) is 1.38. The Balaban J connectivity index is 1.89. The van der Waals surface area contributed by atoms with Crippen LogP contribution in [0.15, 0.2) is 28.2 Å². The number of hydrogen-bond donors (Lipinski definition) is 1. The van der Waals surface area contributed by atoms with Crippen LogP contribution in [-0.2, 0) is 11.3 Å². The molecule has 0 radical (unpaired) electrons. The van der Waals surface area contributed by atoms with Gasteiger partial charge in [0.2, 0.25) is 5.89 Å². The van der Waals surface area contributed by atoms with Crippen LogP contribution in [-0.4, -0.2) is 16.7 Å². The molecule has 19 heavy (non-hydrogen) atoms. The highest BCUT2D eigenvalue weighted by Gasteiger charge is 2.16. The number of oxazole rings is 1. The molecule has 0 bridgehead atoms. The molecule has 0 aliphatic heterocycles. The SMILES string of the molecule is CC(C)(C)OC(=O)NCc1coc(-c2cccs2)n1. The van der Waals surface area contributed by atoms with Crippen LogP contribution < -0.4 is 5.32 Å². The maximum atomic E-state index is 11.5. The minimum atomic E-state index is -0.504. The molecule has 0 aromatic carbocycles. The number of carbonyl (C=O) groups is 1. The Kier molecular flexibility index (Phi) is 3.90. The smallest absolute Gasteiger partial charge is 0.407 e. The Labute approximate surface area is 115 Å². The molecule has 1 amide bonds. The highest BCUT2D eigenvalue weighted by atomic mass is 32.1. The number of hydrogen-bond acceptors (Lipinski definition) is 5. The number of alkyl carbamates (subject to hydrolysis) is 1. The highest BCUT2D eigenvalue weighted by molar-refractivity contribution is 7.13. The lowest BCUT2D eigenvalue weighted by Crippen LogP contribution is -2.32. The number of carbonyl (C=O) groups excluding carboxylic acids is 1. The molecular weight excluding hydrogens is 264 g/mol. The number of ether oxygens (including phenoxy) is 1. The zero-order valence-electron chi connectivity index (χ0n) is 11.1. The molecule has 6 heteroatoms. The number of rotatable bonds is 3. The Morgan fingerprint density at radius 3 is 2.95 bits per heavy atom. The van der Waals surface area contributed by atoms with E-state index in [-0.39, 0.29) is 6.54 Å². The van der Waals surface area contributed by atoms with Crippen LogP contribution in [0.3, 0.4) is 0 Å². The van der Waals surface area contributed by atoms with Crippen LogP contribution in [0.1, 0.15) is 26.5 Å². The zero-order valence-corrected chi connectivity index (χ0v) is 11.9. The average molecular weight is 280 g/mol. The monoisotopic (exact) mass is 280 g/mol. The van der Waals surface area contributed by atoms with Gasteiger partial charge in [0.1, 0.15) is 11.9 Å². The third-order valence-corrected chi connectivity index (χ3v) is 2.95. The maximum absolute atomic E-state index is 11.5. The third kappa shape index (κ3) is 4.10. The number of nitrogens with one attached hydrogen (secondary N) is 1. The van der Waals surface area contributed by atoms with Gasteiger partial charge in [-0.15, -0.1) is 11.3 Å². The van der Waals surface area contributed by atoms with Crippen molar-refractivity contribution < 1.29 is 13.9 Å². The van der Waals surface area contributed by atoms with Gasteiger partial charge in [-0.05, 0) is 32.2 Å². The second-order valence-electron chi connectivity index (χ2n) is 4.98. The second-order valence-corrected chi connectivity index (χ2v) is 5.92. The molecule has 0 spiro atoms. The van der Waals surface area contributed by atoms with Gasteiger partial charge in [0.15, 0.2) is 0 Å². The molecule has 0 atom stereocenters. The van der Waals surface area contributed by atoms with E-state index >= 15 is 0 Å². The van der Waals surface area contributed by atoms with Gasteiger partial charge in [-0.2, -0.15) is 0 Å². The molecule has 0 saturated carbocycles. The van der Waals surface area contributed by atoms with Gasteiger partial charge < -0.3 is 14.5 Å². The van der Waals surface area contributed by atoms with Crippen molar-refractivity contribution in [2.45, 2.75) is 32.9 Å².